The number of hydrogen-bond acceptors (Lipinski definition) is 2. The van der Waals surface area contributed by atoms with Crippen molar-refractivity contribution in [3.05, 3.63) is 35.4 Å². The van der Waals surface area contributed by atoms with Crippen molar-refractivity contribution in [2.75, 3.05) is 0 Å². The number of primary amides is 1. The number of rotatable bonds is 7. The van der Waals surface area contributed by atoms with Crippen molar-refractivity contribution in [1.82, 2.24) is 5.32 Å². The van der Waals surface area contributed by atoms with E-state index in [1.54, 1.807) is 0 Å². The van der Waals surface area contributed by atoms with Gasteiger partial charge in [-0.05, 0) is 37.3 Å². The molecule has 0 aliphatic heterocycles. The van der Waals surface area contributed by atoms with Crippen LogP contribution in [0.25, 0.3) is 0 Å². The highest BCUT2D eigenvalue weighted by Crippen LogP contribution is 2.16. The summed E-state index contributed by atoms with van der Waals surface area (Å²) in [7, 11) is 0. The fraction of sp³-hybridized carbons (Fsp3) is 0.562. The maximum atomic E-state index is 10.9. The first kappa shape index (κ1) is 15.7. The van der Waals surface area contributed by atoms with Gasteiger partial charge < -0.3 is 11.1 Å². The molecule has 0 saturated carbocycles. The van der Waals surface area contributed by atoms with Gasteiger partial charge in [-0.2, -0.15) is 0 Å². The highest BCUT2D eigenvalue weighted by molar-refractivity contribution is 5.74. The number of nitrogens with one attached hydrogen (secondary N) is 1. The molecule has 0 saturated heterocycles. The predicted molar refractivity (Wildman–Crippen MR) is 79.8 cm³/mol. The molecule has 106 valence electrons. The van der Waals surface area contributed by atoms with Gasteiger partial charge in [0.15, 0.2) is 0 Å². The van der Waals surface area contributed by atoms with Crippen molar-refractivity contribution < 1.29 is 4.79 Å². The van der Waals surface area contributed by atoms with Gasteiger partial charge in [0.2, 0.25) is 5.91 Å². The molecule has 0 aliphatic rings. The standard InChI is InChI=1S/C16H26N2O/c1-11(2)9-14-5-7-15(8-6-14)13(4)18-12(3)10-16(17)19/h5-8,11-13,18H,9-10H2,1-4H3,(H2,17,19)/t12-,13-/m1/s1. The molecule has 3 heteroatoms. The van der Waals surface area contributed by atoms with Gasteiger partial charge in [0.05, 0.1) is 0 Å². The van der Waals surface area contributed by atoms with E-state index >= 15 is 0 Å². The summed E-state index contributed by atoms with van der Waals surface area (Å²) in [5, 5.41) is 3.39. The molecule has 0 bridgehead atoms. The summed E-state index contributed by atoms with van der Waals surface area (Å²) >= 11 is 0. The minimum atomic E-state index is -0.264. The first-order valence-electron chi connectivity index (χ1n) is 7.01. The van der Waals surface area contributed by atoms with Crippen molar-refractivity contribution >= 4 is 5.91 Å². The monoisotopic (exact) mass is 262 g/mol. The lowest BCUT2D eigenvalue weighted by molar-refractivity contribution is -0.118. The van der Waals surface area contributed by atoms with Crippen LogP contribution in [0, 0.1) is 5.92 Å². The zero-order valence-corrected chi connectivity index (χ0v) is 12.4. The van der Waals surface area contributed by atoms with Gasteiger partial charge in [-0.3, -0.25) is 4.79 Å². The van der Waals surface area contributed by atoms with Crippen LogP contribution in [0.3, 0.4) is 0 Å². The molecule has 3 N–H and O–H groups in total. The quantitative estimate of drug-likeness (QED) is 0.794. The Hall–Kier alpha value is -1.35. The largest absolute Gasteiger partial charge is 0.370 e. The van der Waals surface area contributed by atoms with E-state index in [2.05, 4.69) is 50.4 Å². The van der Waals surface area contributed by atoms with Crippen LogP contribution in [0.2, 0.25) is 0 Å². The molecule has 0 spiro atoms. The van der Waals surface area contributed by atoms with Gasteiger partial charge in [-0.25, -0.2) is 0 Å². The summed E-state index contributed by atoms with van der Waals surface area (Å²) in [5.41, 5.74) is 7.81. The average molecular weight is 262 g/mol. The molecule has 2 atom stereocenters. The van der Waals surface area contributed by atoms with Crippen LogP contribution >= 0.6 is 0 Å². The molecule has 0 radical (unpaired) electrons. The molecule has 1 aromatic rings. The van der Waals surface area contributed by atoms with E-state index in [4.69, 9.17) is 5.73 Å². The maximum Gasteiger partial charge on any atom is 0.218 e. The Morgan fingerprint density at radius 1 is 1.16 bits per heavy atom. The normalized spacial score (nSPS) is 14.4. The molecule has 0 aromatic heterocycles. The van der Waals surface area contributed by atoms with Crippen molar-refractivity contribution in [2.45, 2.75) is 52.6 Å². The number of benzene rings is 1. The van der Waals surface area contributed by atoms with Gasteiger partial charge in [0, 0.05) is 18.5 Å². The van der Waals surface area contributed by atoms with E-state index in [-0.39, 0.29) is 18.0 Å². The predicted octanol–water partition coefficient (Wildman–Crippen LogP) is 2.80. The molecule has 3 nitrogen and oxygen atoms in total. The van der Waals surface area contributed by atoms with Crippen LogP contribution < -0.4 is 11.1 Å². The Bertz CT molecular complexity index is 398. The SMILES string of the molecule is CC(C)Cc1ccc([C@@H](C)N[C@H](C)CC(N)=O)cc1. The second kappa shape index (κ2) is 7.29. The first-order valence-corrected chi connectivity index (χ1v) is 7.01. The number of carbonyl (C=O) groups is 1. The van der Waals surface area contributed by atoms with Crippen LogP contribution in [0.5, 0.6) is 0 Å². The Balaban J connectivity index is 2.57. The molecular weight excluding hydrogens is 236 g/mol. The number of carbonyl (C=O) groups excluding carboxylic acids is 1. The number of amides is 1. The van der Waals surface area contributed by atoms with Crippen LogP contribution in [0.15, 0.2) is 24.3 Å². The molecule has 0 unspecified atom stereocenters. The Morgan fingerprint density at radius 3 is 2.21 bits per heavy atom. The van der Waals surface area contributed by atoms with Crippen LogP contribution in [0.4, 0.5) is 0 Å². The Labute approximate surface area is 116 Å². The van der Waals surface area contributed by atoms with Gasteiger partial charge in [0.25, 0.3) is 0 Å². The van der Waals surface area contributed by atoms with Crippen LogP contribution in [-0.4, -0.2) is 11.9 Å². The molecule has 1 aromatic carbocycles. The van der Waals surface area contributed by atoms with Crippen molar-refractivity contribution in [3.8, 4) is 0 Å². The van der Waals surface area contributed by atoms with E-state index in [9.17, 15) is 4.79 Å². The summed E-state index contributed by atoms with van der Waals surface area (Å²) in [6.45, 7) is 8.54. The Kier molecular flexibility index (Phi) is 6.03. The summed E-state index contributed by atoms with van der Waals surface area (Å²) in [5.74, 6) is 0.413. The Morgan fingerprint density at radius 2 is 1.74 bits per heavy atom. The summed E-state index contributed by atoms with van der Waals surface area (Å²) in [6, 6.07) is 9.02. The van der Waals surface area contributed by atoms with Crippen molar-refractivity contribution in [1.29, 1.82) is 0 Å². The lowest BCUT2D eigenvalue weighted by Crippen LogP contribution is -2.32. The summed E-state index contributed by atoms with van der Waals surface area (Å²) < 4.78 is 0. The third-order valence-electron chi connectivity index (χ3n) is 3.17. The fourth-order valence-electron chi connectivity index (χ4n) is 2.30. The zero-order chi connectivity index (χ0) is 14.4. The van der Waals surface area contributed by atoms with E-state index < -0.39 is 0 Å². The molecule has 1 rings (SSSR count). The topological polar surface area (TPSA) is 55.1 Å². The molecule has 1 amide bonds. The average Bonchev–Trinajstić information content (AvgIpc) is 2.27. The van der Waals surface area contributed by atoms with Crippen molar-refractivity contribution in [3.63, 3.8) is 0 Å². The molecule has 0 aliphatic carbocycles. The summed E-state index contributed by atoms with van der Waals surface area (Å²) in [4.78, 5) is 10.9. The third-order valence-corrected chi connectivity index (χ3v) is 3.17. The van der Waals surface area contributed by atoms with Gasteiger partial charge >= 0.3 is 0 Å². The smallest absolute Gasteiger partial charge is 0.218 e. The lowest BCUT2D eigenvalue weighted by Gasteiger charge is -2.19. The minimum Gasteiger partial charge on any atom is -0.370 e. The molecular formula is C16H26N2O. The van der Waals surface area contributed by atoms with Crippen LogP contribution in [0.1, 0.15) is 51.3 Å². The van der Waals surface area contributed by atoms with Gasteiger partial charge in [0.1, 0.15) is 0 Å². The number of hydrogen-bond donors (Lipinski definition) is 2. The van der Waals surface area contributed by atoms with Crippen molar-refractivity contribution in [2.24, 2.45) is 11.7 Å². The van der Waals surface area contributed by atoms with E-state index in [1.807, 2.05) is 6.92 Å². The lowest BCUT2D eigenvalue weighted by atomic mass is 9.99. The van der Waals surface area contributed by atoms with Gasteiger partial charge in [-0.15, -0.1) is 0 Å². The highest BCUT2D eigenvalue weighted by Gasteiger charge is 2.11. The zero-order valence-electron chi connectivity index (χ0n) is 12.4. The van der Waals surface area contributed by atoms with E-state index in [0.717, 1.165) is 6.42 Å². The molecule has 0 heterocycles. The molecule has 0 fully saturated rings. The highest BCUT2D eigenvalue weighted by atomic mass is 16.1. The third kappa shape index (κ3) is 5.88. The van der Waals surface area contributed by atoms with E-state index in [0.29, 0.717) is 12.3 Å². The fourth-order valence-corrected chi connectivity index (χ4v) is 2.30. The van der Waals surface area contributed by atoms with Crippen LogP contribution in [-0.2, 0) is 11.2 Å². The molecule has 19 heavy (non-hydrogen) atoms. The summed E-state index contributed by atoms with van der Waals surface area (Å²) in [6.07, 6.45) is 1.48. The minimum absolute atomic E-state index is 0.0999. The second-order valence-corrected chi connectivity index (χ2v) is 5.80. The number of nitrogens with two attached hydrogens (primary N) is 1. The van der Waals surface area contributed by atoms with E-state index in [1.165, 1.54) is 11.1 Å². The first-order chi connectivity index (χ1) is 8.88. The van der Waals surface area contributed by atoms with Gasteiger partial charge in [-0.1, -0.05) is 38.1 Å². The second-order valence-electron chi connectivity index (χ2n) is 5.80. The maximum absolute atomic E-state index is 10.9.